The number of thioether (sulfide) groups is 1. The summed E-state index contributed by atoms with van der Waals surface area (Å²) in [4.78, 5) is 10.4. The molecule has 0 spiro atoms. The first-order valence-corrected chi connectivity index (χ1v) is 11.0. The molecule has 2 aromatic carbocycles. The van der Waals surface area contributed by atoms with Crippen LogP contribution in [-0.2, 0) is 5.75 Å². The minimum absolute atomic E-state index is 0.0169. The second kappa shape index (κ2) is 9.50. The third-order valence-electron chi connectivity index (χ3n) is 4.70. The molecular formula is C22H16N8O3S. The lowest BCUT2D eigenvalue weighted by atomic mass is 10.2. The van der Waals surface area contributed by atoms with Crippen molar-refractivity contribution in [3.63, 3.8) is 0 Å². The summed E-state index contributed by atoms with van der Waals surface area (Å²) in [6, 6.07) is 19.3. The molecule has 0 unspecified atom stereocenters. The molecule has 0 aliphatic heterocycles. The number of furan rings is 1. The fourth-order valence-electron chi connectivity index (χ4n) is 3.06. The van der Waals surface area contributed by atoms with Crippen LogP contribution in [0.2, 0.25) is 0 Å². The topological polar surface area (TPSA) is 130 Å². The second-order valence-corrected chi connectivity index (χ2v) is 7.90. The molecule has 5 rings (SSSR count). The van der Waals surface area contributed by atoms with Crippen molar-refractivity contribution < 1.29 is 9.34 Å². The van der Waals surface area contributed by atoms with Gasteiger partial charge in [-0.1, -0.05) is 47.3 Å². The van der Waals surface area contributed by atoms with Crippen molar-refractivity contribution in [2.45, 2.75) is 10.9 Å². The lowest BCUT2D eigenvalue weighted by Gasteiger charge is -2.03. The molecule has 34 heavy (non-hydrogen) atoms. The van der Waals surface area contributed by atoms with Crippen LogP contribution in [0.5, 0.6) is 0 Å². The van der Waals surface area contributed by atoms with Crippen LogP contribution in [0.15, 0.2) is 93.9 Å². The van der Waals surface area contributed by atoms with Crippen LogP contribution < -0.4 is 0 Å². The maximum absolute atomic E-state index is 10.8. The van der Waals surface area contributed by atoms with E-state index in [-0.39, 0.29) is 5.69 Å². The normalized spacial score (nSPS) is 11.3. The fraction of sp³-hybridized carbons (Fsp3) is 0.0455. The van der Waals surface area contributed by atoms with Crippen molar-refractivity contribution in [2.75, 3.05) is 0 Å². The van der Waals surface area contributed by atoms with Crippen LogP contribution in [0, 0.1) is 10.1 Å². The Morgan fingerprint density at radius 2 is 1.85 bits per heavy atom. The van der Waals surface area contributed by atoms with E-state index < -0.39 is 4.92 Å². The maximum Gasteiger partial charge on any atom is 0.269 e. The molecule has 3 aromatic heterocycles. The van der Waals surface area contributed by atoms with Crippen molar-refractivity contribution in [2.24, 2.45) is 5.10 Å². The minimum atomic E-state index is -0.443. The van der Waals surface area contributed by atoms with E-state index in [1.54, 1.807) is 52.3 Å². The predicted octanol–water partition coefficient (Wildman–Crippen LogP) is 4.20. The number of nitro groups is 1. The summed E-state index contributed by atoms with van der Waals surface area (Å²) < 4.78 is 8.56. The zero-order valence-corrected chi connectivity index (χ0v) is 18.3. The molecule has 0 bridgehead atoms. The van der Waals surface area contributed by atoms with E-state index in [0.717, 1.165) is 5.56 Å². The molecule has 0 amide bonds. The molecule has 0 saturated carbocycles. The number of nitro benzene ring substituents is 1. The van der Waals surface area contributed by atoms with Gasteiger partial charge in [-0.3, -0.25) is 10.1 Å². The molecule has 11 nitrogen and oxygen atoms in total. The molecule has 0 fully saturated rings. The molecule has 0 aliphatic rings. The van der Waals surface area contributed by atoms with Gasteiger partial charge in [0.2, 0.25) is 5.16 Å². The molecule has 12 heteroatoms. The highest BCUT2D eigenvalue weighted by Crippen LogP contribution is 2.26. The Morgan fingerprint density at radius 1 is 1.03 bits per heavy atom. The highest BCUT2D eigenvalue weighted by Gasteiger charge is 2.15. The van der Waals surface area contributed by atoms with Crippen molar-refractivity contribution in [1.82, 2.24) is 29.9 Å². The van der Waals surface area contributed by atoms with Gasteiger partial charge in [0.25, 0.3) is 5.69 Å². The molecule has 0 atom stereocenters. The lowest BCUT2D eigenvalue weighted by Crippen LogP contribution is -1.97. The number of nitrogens with zero attached hydrogens (tertiary/aromatic N) is 8. The van der Waals surface area contributed by atoms with Gasteiger partial charge in [-0.2, -0.15) is 9.78 Å². The maximum atomic E-state index is 10.8. The summed E-state index contributed by atoms with van der Waals surface area (Å²) in [7, 11) is 0. The Balaban J connectivity index is 1.36. The van der Waals surface area contributed by atoms with Crippen LogP contribution in [0.3, 0.4) is 0 Å². The van der Waals surface area contributed by atoms with Crippen molar-refractivity contribution in [1.29, 1.82) is 0 Å². The van der Waals surface area contributed by atoms with Crippen LogP contribution in [0.25, 0.3) is 17.1 Å². The number of hydrogen-bond donors (Lipinski definition) is 0. The SMILES string of the molecule is O=[N+]([O-])c1ccc(-n2cc(CSc3nnc(-c4ccccc4)n3/N=C/c3ccco3)nn2)cc1. The first kappa shape index (κ1) is 21.3. The van der Waals surface area contributed by atoms with Crippen LogP contribution in [-0.4, -0.2) is 41.0 Å². The number of aromatic nitrogens is 6. The summed E-state index contributed by atoms with van der Waals surface area (Å²) in [5.74, 6) is 1.67. The summed E-state index contributed by atoms with van der Waals surface area (Å²) in [5, 5.41) is 32.9. The highest BCUT2D eigenvalue weighted by atomic mass is 32.2. The largest absolute Gasteiger partial charge is 0.463 e. The van der Waals surface area contributed by atoms with E-state index in [1.165, 1.54) is 23.9 Å². The summed E-state index contributed by atoms with van der Waals surface area (Å²) >= 11 is 1.41. The first-order chi connectivity index (χ1) is 16.7. The van der Waals surface area contributed by atoms with Gasteiger partial charge in [0, 0.05) is 23.4 Å². The number of rotatable bonds is 8. The van der Waals surface area contributed by atoms with E-state index in [9.17, 15) is 10.1 Å². The average Bonchev–Trinajstić information content (AvgIpc) is 3.63. The fourth-order valence-corrected chi connectivity index (χ4v) is 3.83. The average molecular weight is 472 g/mol. The van der Waals surface area contributed by atoms with Gasteiger partial charge in [0.05, 0.1) is 35.0 Å². The van der Waals surface area contributed by atoms with E-state index in [1.807, 2.05) is 30.3 Å². The molecule has 0 N–H and O–H groups in total. The van der Waals surface area contributed by atoms with Crippen LogP contribution >= 0.6 is 11.8 Å². The Bertz CT molecular complexity index is 1430. The van der Waals surface area contributed by atoms with Crippen molar-refractivity contribution >= 4 is 23.7 Å². The predicted molar refractivity (Wildman–Crippen MR) is 125 cm³/mol. The lowest BCUT2D eigenvalue weighted by molar-refractivity contribution is -0.384. The summed E-state index contributed by atoms with van der Waals surface area (Å²) in [5.41, 5.74) is 2.27. The van der Waals surface area contributed by atoms with Gasteiger partial charge in [-0.25, -0.2) is 4.68 Å². The standard InChI is InChI=1S/C22H16N8O3S/c31-30(32)19-10-8-18(9-11-19)28-14-17(24-27-28)15-34-22-26-25-21(16-5-2-1-3-6-16)29(22)23-13-20-7-4-12-33-20/h1-14H,15H2/b23-13+. The third-order valence-corrected chi connectivity index (χ3v) is 5.66. The number of hydrogen-bond acceptors (Lipinski definition) is 9. The van der Waals surface area contributed by atoms with E-state index in [0.29, 0.717) is 33.9 Å². The monoisotopic (exact) mass is 472 g/mol. The quantitative estimate of drug-likeness (QED) is 0.142. The summed E-state index contributed by atoms with van der Waals surface area (Å²) in [6.45, 7) is 0. The Morgan fingerprint density at radius 3 is 2.59 bits per heavy atom. The molecule has 0 radical (unpaired) electrons. The zero-order chi connectivity index (χ0) is 23.3. The van der Waals surface area contributed by atoms with Gasteiger partial charge < -0.3 is 4.42 Å². The Hall–Kier alpha value is -4.58. The van der Waals surface area contributed by atoms with E-state index in [4.69, 9.17) is 4.42 Å². The van der Waals surface area contributed by atoms with Crippen molar-refractivity contribution in [3.05, 3.63) is 101 Å². The Labute approximate surface area is 196 Å². The third kappa shape index (κ3) is 4.61. The minimum Gasteiger partial charge on any atom is -0.463 e. The van der Waals surface area contributed by atoms with E-state index >= 15 is 0 Å². The first-order valence-electron chi connectivity index (χ1n) is 10.0. The number of non-ortho nitro benzene ring substituents is 1. The zero-order valence-electron chi connectivity index (χ0n) is 17.5. The molecule has 0 aliphatic carbocycles. The molecule has 3 heterocycles. The van der Waals surface area contributed by atoms with Gasteiger partial charge in [0.1, 0.15) is 5.76 Å². The Kier molecular flexibility index (Phi) is 5.95. The second-order valence-electron chi connectivity index (χ2n) is 6.96. The molecule has 0 saturated heterocycles. The summed E-state index contributed by atoms with van der Waals surface area (Å²) in [6.07, 6.45) is 4.94. The number of benzene rings is 2. The van der Waals surface area contributed by atoms with Gasteiger partial charge in [0.15, 0.2) is 5.82 Å². The van der Waals surface area contributed by atoms with Gasteiger partial charge >= 0.3 is 0 Å². The van der Waals surface area contributed by atoms with Gasteiger partial charge in [-0.05, 0) is 24.3 Å². The van der Waals surface area contributed by atoms with Crippen LogP contribution in [0.1, 0.15) is 11.5 Å². The highest BCUT2D eigenvalue weighted by molar-refractivity contribution is 7.98. The molecule has 168 valence electrons. The van der Waals surface area contributed by atoms with Crippen molar-refractivity contribution in [3.8, 4) is 17.1 Å². The van der Waals surface area contributed by atoms with E-state index in [2.05, 4.69) is 25.6 Å². The van der Waals surface area contributed by atoms with Crippen LogP contribution in [0.4, 0.5) is 5.69 Å². The smallest absolute Gasteiger partial charge is 0.269 e. The molecule has 5 aromatic rings. The molecular weight excluding hydrogens is 456 g/mol. The van der Waals surface area contributed by atoms with Gasteiger partial charge in [-0.15, -0.1) is 15.3 Å².